The third-order valence-corrected chi connectivity index (χ3v) is 15.9. The standard InChI is InChI=1S/C17H26F10NO4S2.C12H26N/c1-3-5-6-7-8-11-28(4-2)12-9-10-13(28,33(29,30)16(24,25)14(18,19)20)34(31,32)17(26,27)15(21,22)23;1-3-5-6-7-10-13(4-2)11-8-9-12-13/h3-12H2,1-2H3;3-12H2,1-2H3/q2*+1. The molecule has 2 fully saturated rings. The van der Waals surface area contributed by atoms with Crippen molar-refractivity contribution in [2.75, 3.05) is 45.8 Å². The van der Waals surface area contributed by atoms with Crippen molar-refractivity contribution in [2.24, 2.45) is 0 Å². The molecule has 0 aromatic heterocycles. The van der Waals surface area contributed by atoms with Crippen molar-refractivity contribution in [2.45, 2.75) is 138 Å². The predicted octanol–water partition coefficient (Wildman–Crippen LogP) is 8.58. The molecule has 47 heavy (non-hydrogen) atoms. The number of sulfone groups is 2. The van der Waals surface area contributed by atoms with Gasteiger partial charge in [0, 0.05) is 25.7 Å². The number of halogens is 10. The van der Waals surface area contributed by atoms with Crippen molar-refractivity contribution in [3.63, 3.8) is 0 Å². The molecule has 6 nitrogen and oxygen atoms in total. The van der Waals surface area contributed by atoms with E-state index in [1.165, 1.54) is 69.2 Å². The molecule has 0 aromatic rings. The fraction of sp³-hybridized carbons (Fsp3) is 1.00. The number of quaternary nitrogens is 2. The normalized spacial score (nSPS) is 22.3. The quantitative estimate of drug-likeness (QED) is 0.0850. The Bertz CT molecular complexity index is 1130. The highest BCUT2D eigenvalue weighted by atomic mass is 32.3. The van der Waals surface area contributed by atoms with Gasteiger partial charge in [-0.2, -0.15) is 43.9 Å². The minimum atomic E-state index is -7.58. The third-order valence-electron chi connectivity index (χ3n) is 9.94. The number of hydrogen-bond acceptors (Lipinski definition) is 4. The Morgan fingerprint density at radius 2 is 0.936 bits per heavy atom. The fourth-order valence-corrected chi connectivity index (χ4v) is 12.7. The molecule has 0 amide bonds. The van der Waals surface area contributed by atoms with Gasteiger partial charge in [0.1, 0.15) is 0 Å². The van der Waals surface area contributed by atoms with Crippen molar-refractivity contribution in [1.82, 2.24) is 0 Å². The minimum absolute atomic E-state index is 0.190. The summed E-state index contributed by atoms with van der Waals surface area (Å²) in [6.45, 7) is 10.6. The van der Waals surface area contributed by atoms with Gasteiger partial charge in [0.15, 0.2) is 0 Å². The van der Waals surface area contributed by atoms with Crippen molar-refractivity contribution >= 4 is 19.7 Å². The zero-order valence-electron chi connectivity index (χ0n) is 27.8. The molecule has 2 aliphatic rings. The van der Waals surface area contributed by atoms with Crippen LogP contribution in [0.25, 0.3) is 0 Å². The van der Waals surface area contributed by atoms with Gasteiger partial charge in [-0.05, 0) is 39.5 Å². The molecule has 18 heteroatoms. The zero-order valence-corrected chi connectivity index (χ0v) is 29.4. The maximum Gasteiger partial charge on any atom is 0.469 e. The largest absolute Gasteiger partial charge is 0.469 e. The number of alkyl halides is 10. The van der Waals surface area contributed by atoms with Crippen molar-refractivity contribution in [3.05, 3.63) is 0 Å². The molecule has 2 heterocycles. The molecule has 1 unspecified atom stereocenters. The Labute approximate surface area is 273 Å². The highest BCUT2D eigenvalue weighted by Gasteiger charge is 2.88. The summed E-state index contributed by atoms with van der Waals surface area (Å²) >= 11 is 0. The average molecular weight is 747 g/mol. The zero-order chi connectivity index (χ0) is 36.6. The van der Waals surface area contributed by atoms with Gasteiger partial charge in [0.2, 0.25) is 0 Å². The molecule has 2 saturated heterocycles. The second kappa shape index (κ2) is 16.4. The van der Waals surface area contributed by atoms with E-state index in [9.17, 15) is 60.7 Å². The van der Waals surface area contributed by atoms with E-state index in [2.05, 4.69) is 13.8 Å². The monoisotopic (exact) mass is 746 g/mol. The van der Waals surface area contributed by atoms with Crippen LogP contribution in [0.5, 0.6) is 0 Å². The van der Waals surface area contributed by atoms with Crippen molar-refractivity contribution in [3.8, 4) is 0 Å². The summed E-state index contributed by atoms with van der Waals surface area (Å²) in [4.78, 5) is 0. The lowest BCUT2D eigenvalue weighted by molar-refractivity contribution is -0.935. The Balaban J connectivity index is 0.000000704. The summed E-state index contributed by atoms with van der Waals surface area (Å²) in [5.41, 5.74) is 0. The van der Waals surface area contributed by atoms with E-state index in [1.54, 1.807) is 6.92 Å². The summed E-state index contributed by atoms with van der Waals surface area (Å²) in [5.74, 6) is 0. The van der Waals surface area contributed by atoms with Gasteiger partial charge in [0.05, 0.1) is 45.8 Å². The molecular formula is C29H52F10N2O4S2+2. The van der Waals surface area contributed by atoms with E-state index in [-0.39, 0.29) is 12.8 Å². The van der Waals surface area contributed by atoms with E-state index < -0.39 is 83.7 Å². The van der Waals surface area contributed by atoms with Crippen LogP contribution in [-0.4, -0.2) is 98.7 Å². The Morgan fingerprint density at radius 3 is 1.32 bits per heavy atom. The molecule has 1 atom stereocenters. The van der Waals surface area contributed by atoms with Gasteiger partial charge in [-0.25, -0.2) is 16.8 Å². The van der Waals surface area contributed by atoms with Crippen LogP contribution in [0.15, 0.2) is 0 Å². The topological polar surface area (TPSA) is 68.3 Å². The molecule has 2 aliphatic heterocycles. The second-order valence-electron chi connectivity index (χ2n) is 12.8. The maximum atomic E-state index is 14.3. The number of hydrogen-bond donors (Lipinski definition) is 0. The Kier molecular flexibility index (Phi) is 15.4. The molecule has 0 saturated carbocycles. The lowest BCUT2D eigenvalue weighted by atomic mass is 10.1. The Hall–Kier alpha value is -0.880. The molecule has 0 aromatic carbocycles. The second-order valence-corrected chi connectivity index (χ2v) is 17.4. The van der Waals surface area contributed by atoms with Crippen LogP contribution in [-0.2, 0) is 19.7 Å². The Morgan fingerprint density at radius 1 is 0.532 bits per heavy atom. The predicted molar refractivity (Wildman–Crippen MR) is 160 cm³/mol. The highest BCUT2D eigenvalue weighted by molar-refractivity contribution is 8.11. The van der Waals surface area contributed by atoms with Crippen LogP contribution in [0.3, 0.4) is 0 Å². The van der Waals surface area contributed by atoms with Crippen LogP contribution < -0.4 is 0 Å². The molecule has 282 valence electrons. The minimum Gasteiger partial charge on any atom is -0.324 e. The van der Waals surface area contributed by atoms with E-state index in [0.29, 0.717) is 19.3 Å². The smallest absolute Gasteiger partial charge is 0.324 e. The summed E-state index contributed by atoms with van der Waals surface area (Å²) in [5, 5.41) is -13.8. The summed E-state index contributed by atoms with van der Waals surface area (Å²) in [7, 11) is -15.2. The molecule has 0 spiro atoms. The summed E-state index contributed by atoms with van der Waals surface area (Å²) in [6.07, 6.45) is -6.11. The average Bonchev–Trinajstić information content (AvgIpc) is 3.61. The van der Waals surface area contributed by atoms with E-state index >= 15 is 0 Å². The molecule has 0 aliphatic carbocycles. The van der Waals surface area contributed by atoms with E-state index in [1.807, 2.05) is 0 Å². The van der Waals surface area contributed by atoms with Crippen LogP contribution >= 0.6 is 0 Å². The first-order valence-corrected chi connectivity index (χ1v) is 19.5. The number of nitrogens with zero attached hydrogens (tertiary/aromatic N) is 2. The number of unbranched alkanes of at least 4 members (excludes halogenated alkanes) is 7. The first-order chi connectivity index (χ1) is 21.4. The first-order valence-electron chi connectivity index (χ1n) is 16.5. The highest BCUT2D eigenvalue weighted by Crippen LogP contribution is 2.59. The van der Waals surface area contributed by atoms with Gasteiger partial charge < -0.3 is 4.48 Å². The molecule has 0 bridgehead atoms. The van der Waals surface area contributed by atoms with E-state index in [4.69, 9.17) is 0 Å². The lowest BCUT2D eigenvalue weighted by Crippen LogP contribution is -2.75. The van der Waals surface area contributed by atoms with Crippen LogP contribution in [0.4, 0.5) is 43.9 Å². The van der Waals surface area contributed by atoms with Crippen LogP contribution in [0, 0.1) is 0 Å². The number of likely N-dealkylation sites (tertiary alicyclic amines) is 2. The SMILES string of the molecule is CCCCCCC[N+]1(CC)CCCC1(S(=O)(=O)C(F)(F)C(F)(F)F)S(=O)(=O)C(F)(F)C(F)(F)F.CCCCCC[N+]1(CC)CCCC1. The van der Waals surface area contributed by atoms with Gasteiger partial charge in [0.25, 0.3) is 19.7 Å². The molecule has 0 radical (unpaired) electrons. The van der Waals surface area contributed by atoms with Gasteiger partial charge in [-0.3, -0.25) is 4.48 Å². The van der Waals surface area contributed by atoms with Gasteiger partial charge in [-0.1, -0.05) is 46.0 Å². The molecule has 0 N–H and O–H groups in total. The number of rotatable bonds is 17. The first kappa shape index (κ1) is 44.1. The molecule has 2 rings (SSSR count). The lowest BCUT2D eigenvalue weighted by Gasteiger charge is -2.48. The van der Waals surface area contributed by atoms with Crippen LogP contribution in [0.2, 0.25) is 0 Å². The summed E-state index contributed by atoms with van der Waals surface area (Å²) in [6, 6.07) is 0. The van der Waals surface area contributed by atoms with E-state index in [0.717, 1.165) is 6.92 Å². The third kappa shape index (κ3) is 8.37. The van der Waals surface area contributed by atoms with Crippen molar-refractivity contribution in [1.29, 1.82) is 0 Å². The maximum absolute atomic E-state index is 14.3. The van der Waals surface area contributed by atoms with Gasteiger partial charge >= 0.3 is 27.1 Å². The van der Waals surface area contributed by atoms with Crippen LogP contribution in [0.1, 0.15) is 111 Å². The summed E-state index contributed by atoms with van der Waals surface area (Å²) < 4.78 is 182. The van der Waals surface area contributed by atoms with Gasteiger partial charge in [-0.15, -0.1) is 0 Å². The van der Waals surface area contributed by atoms with Crippen molar-refractivity contribution < 1.29 is 69.7 Å². The molecular weight excluding hydrogens is 694 g/mol. The fourth-order valence-electron chi connectivity index (χ4n) is 7.08.